The summed E-state index contributed by atoms with van der Waals surface area (Å²) in [5, 5.41) is 2.75. The first-order chi connectivity index (χ1) is 13.0. The van der Waals surface area contributed by atoms with Gasteiger partial charge >= 0.3 is 0 Å². The molecule has 27 heavy (non-hydrogen) atoms. The third kappa shape index (κ3) is 5.37. The molecule has 0 atom stereocenters. The molecular formula is C20H24N2O5. The largest absolute Gasteiger partial charge is 0.497 e. The highest BCUT2D eigenvalue weighted by Crippen LogP contribution is 2.28. The second-order valence-electron chi connectivity index (χ2n) is 5.74. The first kappa shape index (κ1) is 20.1. The van der Waals surface area contributed by atoms with E-state index in [1.807, 2.05) is 6.92 Å². The van der Waals surface area contributed by atoms with Crippen molar-refractivity contribution in [1.29, 1.82) is 0 Å². The van der Waals surface area contributed by atoms with Gasteiger partial charge in [-0.3, -0.25) is 9.59 Å². The molecular weight excluding hydrogens is 348 g/mol. The van der Waals surface area contributed by atoms with E-state index in [1.165, 1.54) is 12.0 Å². The maximum Gasteiger partial charge on any atom is 0.254 e. The molecule has 2 rings (SSSR count). The first-order valence-corrected chi connectivity index (χ1v) is 8.48. The number of hydrogen-bond acceptors (Lipinski definition) is 5. The Morgan fingerprint density at radius 2 is 1.70 bits per heavy atom. The minimum absolute atomic E-state index is 0.0825. The number of anilines is 1. The van der Waals surface area contributed by atoms with Gasteiger partial charge in [0.05, 0.1) is 27.4 Å². The van der Waals surface area contributed by atoms with Crippen molar-refractivity contribution in [2.24, 2.45) is 0 Å². The van der Waals surface area contributed by atoms with Crippen LogP contribution in [0, 0.1) is 0 Å². The Kier molecular flexibility index (Phi) is 7.05. The van der Waals surface area contributed by atoms with Gasteiger partial charge in [0.15, 0.2) is 11.5 Å². The monoisotopic (exact) mass is 372 g/mol. The summed E-state index contributed by atoms with van der Waals surface area (Å²) >= 11 is 0. The van der Waals surface area contributed by atoms with Crippen molar-refractivity contribution in [3.63, 3.8) is 0 Å². The molecule has 0 aliphatic carbocycles. The fraction of sp³-hybridized carbons (Fsp3) is 0.300. The number of hydrogen-bond donors (Lipinski definition) is 1. The van der Waals surface area contributed by atoms with Crippen LogP contribution in [0.3, 0.4) is 0 Å². The zero-order chi connectivity index (χ0) is 19.8. The molecule has 0 unspecified atom stereocenters. The molecule has 2 aromatic carbocycles. The Hall–Kier alpha value is -3.22. The molecule has 1 N–H and O–H groups in total. The van der Waals surface area contributed by atoms with Gasteiger partial charge in [-0.15, -0.1) is 0 Å². The van der Waals surface area contributed by atoms with Crippen LogP contribution < -0.4 is 19.5 Å². The third-order valence-corrected chi connectivity index (χ3v) is 3.81. The van der Waals surface area contributed by atoms with Crippen LogP contribution in [0.4, 0.5) is 5.69 Å². The number of carbonyl (C=O) groups is 2. The Morgan fingerprint density at radius 1 is 1.00 bits per heavy atom. The van der Waals surface area contributed by atoms with E-state index in [9.17, 15) is 9.59 Å². The first-order valence-electron chi connectivity index (χ1n) is 8.48. The molecule has 2 amide bonds. The Balaban J connectivity index is 2.01. The average molecular weight is 372 g/mol. The van der Waals surface area contributed by atoms with Crippen LogP contribution in [0.1, 0.15) is 17.3 Å². The third-order valence-electron chi connectivity index (χ3n) is 3.81. The van der Waals surface area contributed by atoms with E-state index in [1.54, 1.807) is 56.6 Å². The minimum atomic E-state index is -0.297. The van der Waals surface area contributed by atoms with Crippen molar-refractivity contribution in [3.05, 3.63) is 48.0 Å². The summed E-state index contributed by atoms with van der Waals surface area (Å²) in [4.78, 5) is 26.2. The molecule has 0 aromatic heterocycles. The van der Waals surface area contributed by atoms with Crippen molar-refractivity contribution in [2.75, 3.05) is 39.7 Å². The number of nitrogens with one attached hydrogen (secondary N) is 1. The van der Waals surface area contributed by atoms with Crippen molar-refractivity contribution in [2.45, 2.75) is 6.92 Å². The molecule has 0 saturated carbocycles. The number of carbonyl (C=O) groups excluding carboxylic acids is 2. The molecule has 0 saturated heterocycles. The van der Waals surface area contributed by atoms with Gasteiger partial charge in [0.25, 0.3) is 5.91 Å². The van der Waals surface area contributed by atoms with E-state index in [0.29, 0.717) is 35.1 Å². The van der Waals surface area contributed by atoms with Gasteiger partial charge in [0.1, 0.15) is 5.75 Å². The standard InChI is InChI=1S/C20H24N2O5/c1-5-27-18-12-14(6-11-17(18)26-4)20(24)22(2)13-19(23)21-15-7-9-16(25-3)10-8-15/h6-12H,5,13H2,1-4H3,(H,21,23). The van der Waals surface area contributed by atoms with E-state index in [4.69, 9.17) is 14.2 Å². The van der Waals surface area contributed by atoms with Gasteiger partial charge in [-0.1, -0.05) is 0 Å². The smallest absolute Gasteiger partial charge is 0.254 e. The molecule has 0 radical (unpaired) electrons. The van der Waals surface area contributed by atoms with Gasteiger partial charge in [-0.2, -0.15) is 0 Å². The number of benzene rings is 2. The summed E-state index contributed by atoms with van der Waals surface area (Å²) < 4.78 is 15.8. The summed E-state index contributed by atoms with van der Waals surface area (Å²) in [7, 11) is 4.68. The molecule has 7 heteroatoms. The maximum atomic E-state index is 12.6. The second-order valence-corrected chi connectivity index (χ2v) is 5.74. The van der Waals surface area contributed by atoms with Gasteiger partial charge in [0.2, 0.25) is 5.91 Å². The highest BCUT2D eigenvalue weighted by Gasteiger charge is 2.17. The second kappa shape index (κ2) is 9.47. The zero-order valence-corrected chi connectivity index (χ0v) is 15.9. The molecule has 0 aliphatic rings. The lowest BCUT2D eigenvalue weighted by Gasteiger charge is -2.18. The quantitative estimate of drug-likeness (QED) is 0.771. The van der Waals surface area contributed by atoms with E-state index in [-0.39, 0.29) is 18.4 Å². The topological polar surface area (TPSA) is 77.1 Å². The summed E-state index contributed by atoms with van der Waals surface area (Å²) in [5.74, 6) is 1.15. The van der Waals surface area contributed by atoms with Crippen LogP contribution in [-0.2, 0) is 4.79 Å². The lowest BCUT2D eigenvalue weighted by atomic mass is 10.1. The average Bonchev–Trinajstić information content (AvgIpc) is 2.68. The van der Waals surface area contributed by atoms with Gasteiger partial charge in [0, 0.05) is 18.3 Å². The van der Waals surface area contributed by atoms with Crippen LogP contribution in [0.15, 0.2) is 42.5 Å². The summed E-state index contributed by atoms with van der Waals surface area (Å²) in [6.07, 6.45) is 0. The molecule has 0 spiro atoms. The number of amides is 2. The number of methoxy groups -OCH3 is 2. The van der Waals surface area contributed by atoms with Crippen molar-refractivity contribution in [1.82, 2.24) is 4.90 Å². The minimum Gasteiger partial charge on any atom is -0.497 e. The number of ether oxygens (including phenoxy) is 3. The maximum absolute atomic E-state index is 12.6. The normalized spacial score (nSPS) is 10.1. The van der Waals surface area contributed by atoms with Crippen molar-refractivity contribution in [3.8, 4) is 17.2 Å². The molecule has 0 fully saturated rings. The molecule has 144 valence electrons. The predicted molar refractivity (Wildman–Crippen MR) is 103 cm³/mol. The fourth-order valence-electron chi connectivity index (χ4n) is 2.46. The predicted octanol–water partition coefficient (Wildman–Crippen LogP) is 2.81. The van der Waals surface area contributed by atoms with E-state index in [0.717, 1.165) is 0 Å². The Labute approximate surface area is 158 Å². The lowest BCUT2D eigenvalue weighted by molar-refractivity contribution is -0.116. The highest BCUT2D eigenvalue weighted by atomic mass is 16.5. The summed E-state index contributed by atoms with van der Waals surface area (Å²) in [6, 6.07) is 11.9. The van der Waals surface area contributed by atoms with Crippen LogP contribution in [-0.4, -0.2) is 51.1 Å². The van der Waals surface area contributed by atoms with E-state index in [2.05, 4.69) is 5.32 Å². The number of likely N-dealkylation sites (N-methyl/N-ethyl adjacent to an activating group) is 1. The van der Waals surface area contributed by atoms with Crippen LogP contribution in [0.5, 0.6) is 17.2 Å². The SMILES string of the molecule is CCOc1cc(C(=O)N(C)CC(=O)Nc2ccc(OC)cc2)ccc1OC. The van der Waals surface area contributed by atoms with Crippen LogP contribution in [0.2, 0.25) is 0 Å². The fourth-order valence-corrected chi connectivity index (χ4v) is 2.46. The summed E-state index contributed by atoms with van der Waals surface area (Å²) in [6.45, 7) is 2.22. The molecule has 0 aliphatic heterocycles. The van der Waals surface area contributed by atoms with Crippen molar-refractivity contribution >= 4 is 17.5 Å². The molecule has 2 aromatic rings. The Bertz CT molecular complexity index is 789. The number of rotatable bonds is 8. The zero-order valence-electron chi connectivity index (χ0n) is 15.9. The van der Waals surface area contributed by atoms with Crippen molar-refractivity contribution < 1.29 is 23.8 Å². The highest BCUT2D eigenvalue weighted by molar-refractivity contribution is 5.99. The van der Waals surface area contributed by atoms with E-state index >= 15 is 0 Å². The summed E-state index contributed by atoms with van der Waals surface area (Å²) in [5.41, 5.74) is 1.05. The Morgan fingerprint density at radius 3 is 2.30 bits per heavy atom. The van der Waals surface area contributed by atoms with E-state index < -0.39 is 0 Å². The van der Waals surface area contributed by atoms with Crippen LogP contribution in [0.25, 0.3) is 0 Å². The lowest BCUT2D eigenvalue weighted by Crippen LogP contribution is -2.34. The van der Waals surface area contributed by atoms with Gasteiger partial charge in [-0.05, 0) is 49.4 Å². The molecule has 0 heterocycles. The van der Waals surface area contributed by atoms with Gasteiger partial charge < -0.3 is 24.4 Å². The van der Waals surface area contributed by atoms with Gasteiger partial charge in [-0.25, -0.2) is 0 Å². The molecule has 7 nitrogen and oxygen atoms in total. The number of nitrogens with zero attached hydrogens (tertiary/aromatic N) is 1. The van der Waals surface area contributed by atoms with Crippen LogP contribution >= 0.6 is 0 Å². The molecule has 0 bridgehead atoms.